The Morgan fingerprint density at radius 1 is 1.18 bits per heavy atom. The van der Waals surface area contributed by atoms with Crippen molar-refractivity contribution >= 4 is 40.1 Å². The molecule has 1 aromatic carbocycles. The number of likely N-dealkylation sites (tertiary alicyclic amines) is 1. The van der Waals surface area contributed by atoms with Gasteiger partial charge in [0.05, 0.1) is 11.9 Å². The second kappa shape index (κ2) is 8.02. The highest BCUT2D eigenvalue weighted by Crippen LogP contribution is 2.24. The average Bonchev–Trinajstić information content (AvgIpc) is 3.24. The Hall–Kier alpha value is -2.87. The summed E-state index contributed by atoms with van der Waals surface area (Å²) >= 11 is 1.42. The predicted octanol–water partition coefficient (Wildman–Crippen LogP) is 2.95. The molecule has 1 aliphatic heterocycles. The van der Waals surface area contributed by atoms with E-state index in [4.69, 9.17) is 0 Å². The summed E-state index contributed by atoms with van der Waals surface area (Å²) in [4.78, 5) is 38.0. The molecule has 0 saturated carbocycles. The van der Waals surface area contributed by atoms with Gasteiger partial charge in [-0.15, -0.1) is 0 Å². The Labute approximate surface area is 166 Å². The van der Waals surface area contributed by atoms with Crippen molar-refractivity contribution in [3.63, 3.8) is 0 Å². The number of fused-ring (bicyclic) bond motifs is 1. The lowest BCUT2D eigenvalue weighted by atomic mass is 10.1. The van der Waals surface area contributed by atoms with Crippen molar-refractivity contribution in [2.75, 3.05) is 24.7 Å². The van der Waals surface area contributed by atoms with E-state index in [0.717, 1.165) is 37.2 Å². The third-order valence-electron chi connectivity index (χ3n) is 4.81. The smallest absolute Gasteiger partial charge is 0.261 e. The molecule has 4 rings (SSSR count). The van der Waals surface area contributed by atoms with E-state index in [1.54, 1.807) is 12.3 Å². The van der Waals surface area contributed by atoms with E-state index >= 15 is 0 Å². The first kappa shape index (κ1) is 18.5. The van der Waals surface area contributed by atoms with Crippen LogP contribution in [0, 0.1) is 0 Å². The van der Waals surface area contributed by atoms with Gasteiger partial charge in [0.2, 0.25) is 5.91 Å². The number of anilines is 2. The molecule has 1 aliphatic rings. The van der Waals surface area contributed by atoms with Gasteiger partial charge in [-0.3, -0.25) is 9.59 Å². The van der Waals surface area contributed by atoms with Gasteiger partial charge in [-0.05, 0) is 42.9 Å². The highest BCUT2D eigenvalue weighted by molar-refractivity contribution is 7.98. The molecular weight excluding hydrogens is 374 g/mol. The first-order chi connectivity index (χ1) is 13.6. The van der Waals surface area contributed by atoms with Crippen LogP contribution in [0.1, 0.15) is 18.4 Å². The number of benzene rings is 1. The van der Waals surface area contributed by atoms with Crippen LogP contribution in [0.5, 0.6) is 0 Å². The van der Waals surface area contributed by atoms with Gasteiger partial charge in [0.1, 0.15) is 11.2 Å². The number of carbonyl (C=O) groups is 1. The van der Waals surface area contributed by atoms with Crippen molar-refractivity contribution < 1.29 is 4.79 Å². The van der Waals surface area contributed by atoms with Gasteiger partial charge in [-0.2, -0.15) is 0 Å². The molecule has 0 atom stereocenters. The Morgan fingerprint density at radius 3 is 2.64 bits per heavy atom. The normalized spacial score (nSPS) is 13.8. The molecule has 1 saturated heterocycles. The van der Waals surface area contributed by atoms with Crippen molar-refractivity contribution in [2.24, 2.45) is 0 Å². The number of carbonyl (C=O) groups excluding carboxylic acids is 1. The number of aromatic nitrogens is 3. The molecule has 0 spiro atoms. The highest BCUT2D eigenvalue weighted by Gasteiger charge is 2.18. The lowest BCUT2D eigenvalue weighted by molar-refractivity contribution is -0.129. The first-order valence-corrected chi connectivity index (χ1v) is 10.4. The van der Waals surface area contributed by atoms with E-state index in [1.807, 2.05) is 35.4 Å². The molecule has 2 N–H and O–H groups in total. The minimum absolute atomic E-state index is 0.177. The summed E-state index contributed by atoms with van der Waals surface area (Å²) in [7, 11) is 0. The lowest BCUT2D eigenvalue weighted by Crippen LogP contribution is -2.29. The van der Waals surface area contributed by atoms with Crippen LogP contribution in [0.3, 0.4) is 0 Å². The number of nitrogens with zero attached hydrogens (tertiary/aromatic N) is 3. The predicted molar refractivity (Wildman–Crippen MR) is 111 cm³/mol. The number of H-pyrrole nitrogens is 1. The number of amides is 1. The Bertz CT molecular complexity index is 1060. The molecule has 3 aromatic rings. The zero-order valence-electron chi connectivity index (χ0n) is 15.6. The van der Waals surface area contributed by atoms with Gasteiger partial charge < -0.3 is 15.2 Å². The van der Waals surface area contributed by atoms with E-state index in [9.17, 15) is 9.59 Å². The van der Waals surface area contributed by atoms with Crippen LogP contribution < -0.4 is 10.9 Å². The fourth-order valence-electron chi connectivity index (χ4n) is 3.35. The maximum atomic E-state index is 12.3. The second-order valence-corrected chi connectivity index (χ2v) is 7.49. The van der Waals surface area contributed by atoms with Gasteiger partial charge in [0.25, 0.3) is 5.56 Å². The van der Waals surface area contributed by atoms with Crippen molar-refractivity contribution in [3.8, 4) is 0 Å². The molecule has 2 aromatic heterocycles. The number of nitrogens with one attached hydrogen (secondary N) is 2. The number of pyridine rings is 1. The highest BCUT2D eigenvalue weighted by atomic mass is 32.2. The SMILES string of the molecule is CSc1nc(Nc2ccc(CC(=O)N3CCCC3)cc2)c2c(=O)[nH]ccc2n1. The number of thioether (sulfide) groups is 1. The summed E-state index contributed by atoms with van der Waals surface area (Å²) in [5, 5.41) is 4.23. The Kier molecular flexibility index (Phi) is 5.29. The van der Waals surface area contributed by atoms with Gasteiger partial charge in [-0.1, -0.05) is 23.9 Å². The van der Waals surface area contributed by atoms with Crippen molar-refractivity contribution in [1.29, 1.82) is 0 Å². The fraction of sp³-hybridized carbons (Fsp3) is 0.300. The summed E-state index contributed by atoms with van der Waals surface area (Å²) in [6.45, 7) is 1.73. The van der Waals surface area contributed by atoms with E-state index in [-0.39, 0.29) is 11.5 Å². The van der Waals surface area contributed by atoms with Crippen LogP contribution in [0.2, 0.25) is 0 Å². The van der Waals surface area contributed by atoms with Crippen LogP contribution in [0.4, 0.5) is 11.5 Å². The molecule has 0 bridgehead atoms. The Balaban J connectivity index is 1.56. The van der Waals surface area contributed by atoms with Gasteiger partial charge in [0, 0.05) is 25.0 Å². The molecule has 0 radical (unpaired) electrons. The zero-order chi connectivity index (χ0) is 19.5. The second-order valence-electron chi connectivity index (χ2n) is 6.71. The maximum absolute atomic E-state index is 12.3. The third kappa shape index (κ3) is 3.87. The molecule has 1 fully saturated rings. The van der Waals surface area contributed by atoms with E-state index in [1.165, 1.54) is 11.8 Å². The van der Waals surface area contributed by atoms with Crippen LogP contribution in [-0.4, -0.2) is 45.1 Å². The summed E-state index contributed by atoms with van der Waals surface area (Å²) in [6, 6.07) is 9.42. The van der Waals surface area contributed by atoms with Gasteiger partial charge >= 0.3 is 0 Å². The van der Waals surface area contributed by atoms with E-state index in [2.05, 4.69) is 20.3 Å². The summed E-state index contributed by atoms with van der Waals surface area (Å²) in [6.07, 6.45) is 6.08. The molecule has 3 heterocycles. The van der Waals surface area contributed by atoms with Gasteiger partial charge in [0.15, 0.2) is 5.16 Å². The lowest BCUT2D eigenvalue weighted by Gasteiger charge is -2.15. The Morgan fingerprint density at radius 2 is 1.93 bits per heavy atom. The zero-order valence-corrected chi connectivity index (χ0v) is 16.4. The molecule has 0 unspecified atom stereocenters. The average molecular weight is 395 g/mol. The first-order valence-electron chi connectivity index (χ1n) is 9.21. The molecule has 1 amide bonds. The van der Waals surface area contributed by atoms with E-state index < -0.39 is 0 Å². The molecule has 7 nitrogen and oxygen atoms in total. The van der Waals surface area contributed by atoms with Gasteiger partial charge in [-0.25, -0.2) is 9.97 Å². The standard InChI is InChI=1S/C20H21N5O2S/c1-28-20-23-15-8-9-21-19(27)17(15)18(24-20)22-14-6-4-13(5-7-14)12-16(26)25-10-2-3-11-25/h4-9H,2-3,10-12H2,1H3,(H,21,27)(H,22,23,24). The maximum Gasteiger partial charge on any atom is 0.261 e. The third-order valence-corrected chi connectivity index (χ3v) is 5.36. The summed E-state index contributed by atoms with van der Waals surface area (Å²) in [5.41, 5.74) is 2.13. The monoisotopic (exact) mass is 395 g/mol. The van der Waals surface area contributed by atoms with Crippen LogP contribution >= 0.6 is 11.8 Å². The van der Waals surface area contributed by atoms with Crippen molar-refractivity contribution in [1.82, 2.24) is 19.9 Å². The summed E-state index contributed by atoms with van der Waals surface area (Å²) in [5.74, 6) is 0.647. The minimum atomic E-state index is -0.236. The number of aromatic amines is 1. The van der Waals surface area contributed by atoms with Crippen molar-refractivity contribution in [2.45, 2.75) is 24.4 Å². The summed E-state index contributed by atoms with van der Waals surface area (Å²) < 4.78 is 0. The molecule has 28 heavy (non-hydrogen) atoms. The van der Waals surface area contributed by atoms with E-state index in [0.29, 0.717) is 28.3 Å². The minimum Gasteiger partial charge on any atom is -0.342 e. The topological polar surface area (TPSA) is 91.0 Å². The molecule has 8 heteroatoms. The number of hydrogen-bond acceptors (Lipinski definition) is 6. The number of hydrogen-bond donors (Lipinski definition) is 2. The van der Waals surface area contributed by atoms with Crippen molar-refractivity contribution in [3.05, 3.63) is 52.4 Å². The molecule has 0 aliphatic carbocycles. The quantitative estimate of drug-likeness (QED) is 0.510. The molecule has 144 valence electrons. The largest absolute Gasteiger partial charge is 0.342 e. The fourth-order valence-corrected chi connectivity index (χ4v) is 3.72. The molecular formula is C20H21N5O2S. The number of rotatable bonds is 5. The van der Waals surface area contributed by atoms with Crippen LogP contribution in [-0.2, 0) is 11.2 Å². The van der Waals surface area contributed by atoms with Crippen LogP contribution in [0.25, 0.3) is 10.9 Å². The van der Waals surface area contributed by atoms with Crippen LogP contribution in [0.15, 0.2) is 46.5 Å².